The van der Waals surface area contributed by atoms with E-state index in [4.69, 9.17) is 4.74 Å². The van der Waals surface area contributed by atoms with E-state index in [-0.39, 0.29) is 12.5 Å². The van der Waals surface area contributed by atoms with Gasteiger partial charge in [-0.3, -0.25) is 9.59 Å². The number of carbonyl (C=O) groups is 2. The number of amides is 1. The summed E-state index contributed by atoms with van der Waals surface area (Å²) in [5, 5.41) is 2.80. The Morgan fingerprint density at radius 1 is 1.25 bits per heavy atom. The monoisotopic (exact) mass is 407 g/mol. The molecule has 0 spiro atoms. The Kier molecular flexibility index (Phi) is 7.34. The fraction of sp³-hybridized carbons (Fsp3) is 0.222. The van der Waals surface area contributed by atoms with Crippen molar-refractivity contribution in [2.75, 3.05) is 18.9 Å². The lowest BCUT2D eigenvalue weighted by molar-refractivity contribution is -0.122. The third-order valence-electron chi connectivity index (χ3n) is 3.17. The molecule has 6 heteroatoms. The number of carbonyl (C=O) groups excluding carboxylic acids is 2. The van der Waals surface area contributed by atoms with Crippen LogP contribution in [0.3, 0.4) is 0 Å². The number of ether oxygens (including phenoxy) is 1. The fourth-order valence-electron chi connectivity index (χ4n) is 1.93. The van der Waals surface area contributed by atoms with Gasteiger partial charge in [0.25, 0.3) is 5.91 Å². The van der Waals surface area contributed by atoms with Gasteiger partial charge in [0.05, 0.1) is 5.56 Å². The summed E-state index contributed by atoms with van der Waals surface area (Å²) in [6.07, 6.45) is 0.705. The van der Waals surface area contributed by atoms with Crippen LogP contribution in [0.5, 0.6) is 5.75 Å². The Balaban J connectivity index is 1.70. The molecule has 2 aromatic carbocycles. The molecule has 0 saturated carbocycles. The highest BCUT2D eigenvalue weighted by atomic mass is 79.9. The maximum atomic E-state index is 11.8. The highest BCUT2D eigenvalue weighted by molar-refractivity contribution is 9.10. The van der Waals surface area contributed by atoms with Crippen LogP contribution in [-0.4, -0.2) is 31.1 Å². The maximum absolute atomic E-state index is 11.8. The molecule has 0 fully saturated rings. The van der Waals surface area contributed by atoms with E-state index in [0.717, 1.165) is 10.2 Å². The van der Waals surface area contributed by atoms with Gasteiger partial charge in [0, 0.05) is 21.7 Å². The number of thioether (sulfide) groups is 1. The molecule has 0 radical (unpaired) electrons. The minimum Gasteiger partial charge on any atom is -0.483 e. The van der Waals surface area contributed by atoms with E-state index in [1.54, 1.807) is 30.0 Å². The van der Waals surface area contributed by atoms with Crippen molar-refractivity contribution < 1.29 is 14.3 Å². The second kappa shape index (κ2) is 9.49. The third kappa shape index (κ3) is 6.02. The van der Waals surface area contributed by atoms with Crippen LogP contribution in [0.2, 0.25) is 0 Å². The van der Waals surface area contributed by atoms with Crippen molar-refractivity contribution in [3.63, 3.8) is 0 Å². The first kappa shape index (κ1) is 18.5. The van der Waals surface area contributed by atoms with Gasteiger partial charge in [-0.15, -0.1) is 11.8 Å². The van der Waals surface area contributed by atoms with Crippen molar-refractivity contribution in [2.45, 2.75) is 11.8 Å². The summed E-state index contributed by atoms with van der Waals surface area (Å²) in [5.41, 5.74) is 1.64. The molecule has 0 atom stereocenters. The molecule has 0 heterocycles. The molecule has 0 aromatic heterocycles. The zero-order valence-electron chi connectivity index (χ0n) is 13.3. The molecule has 0 aliphatic rings. The highest BCUT2D eigenvalue weighted by Gasteiger charge is 2.07. The molecule has 2 aromatic rings. The lowest BCUT2D eigenvalue weighted by atomic mass is 10.2. The van der Waals surface area contributed by atoms with Crippen molar-refractivity contribution >= 4 is 39.9 Å². The fourth-order valence-corrected chi connectivity index (χ4v) is 3.08. The summed E-state index contributed by atoms with van der Waals surface area (Å²) in [7, 11) is 0. The largest absolute Gasteiger partial charge is 0.483 e. The van der Waals surface area contributed by atoms with E-state index >= 15 is 0 Å². The molecule has 2 rings (SSSR count). The van der Waals surface area contributed by atoms with Gasteiger partial charge in [0.2, 0.25) is 0 Å². The Bertz CT molecular complexity index is 704. The van der Waals surface area contributed by atoms with Gasteiger partial charge in [-0.1, -0.05) is 33.6 Å². The molecular weight excluding hydrogens is 390 g/mol. The zero-order chi connectivity index (χ0) is 17.4. The summed E-state index contributed by atoms with van der Waals surface area (Å²) in [6, 6.07) is 13.3. The zero-order valence-corrected chi connectivity index (χ0v) is 15.7. The van der Waals surface area contributed by atoms with Gasteiger partial charge in [-0.2, -0.15) is 0 Å². The molecule has 0 bridgehead atoms. The lowest BCUT2D eigenvalue weighted by Gasteiger charge is -2.09. The number of aryl methyl sites for hydroxylation is 1. The van der Waals surface area contributed by atoms with Crippen LogP contribution >= 0.6 is 27.7 Å². The molecule has 0 aliphatic heterocycles. The van der Waals surface area contributed by atoms with E-state index in [1.807, 2.05) is 0 Å². The maximum Gasteiger partial charge on any atom is 0.257 e. The van der Waals surface area contributed by atoms with Crippen molar-refractivity contribution in [3.05, 3.63) is 58.1 Å². The first-order valence-corrected chi connectivity index (χ1v) is 9.20. The average Bonchev–Trinajstić information content (AvgIpc) is 2.59. The smallest absolute Gasteiger partial charge is 0.257 e. The van der Waals surface area contributed by atoms with Crippen LogP contribution in [0.15, 0.2) is 51.8 Å². The van der Waals surface area contributed by atoms with E-state index in [1.165, 1.54) is 10.5 Å². The van der Waals surface area contributed by atoms with Gasteiger partial charge >= 0.3 is 0 Å². The minimum absolute atomic E-state index is 0.113. The van der Waals surface area contributed by atoms with Crippen molar-refractivity contribution in [1.82, 2.24) is 5.32 Å². The molecule has 24 heavy (non-hydrogen) atoms. The molecule has 0 unspecified atom stereocenters. The van der Waals surface area contributed by atoms with Crippen LogP contribution in [0.4, 0.5) is 0 Å². The van der Waals surface area contributed by atoms with Crippen LogP contribution in [-0.2, 0) is 4.79 Å². The first-order valence-electron chi connectivity index (χ1n) is 7.42. The predicted molar refractivity (Wildman–Crippen MR) is 99.9 cm³/mol. The lowest BCUT2D eigenvalue weighted by Crippen LogP contribution is -2.30. The number of hydrogen-bond acceptors (Lipinski definition) is 4. The van der Waals surface area contributed by atoms with Gasteiger partial charge in [-0.25, -0.2) is 0 Å². The van der Waals surface area contributed by atoms with E-state index in [9.17, 15) is 9.59 Å². The quantitative estimate of drug-likeness (QED) is 0.410. The number of rotatable bonds is 8. The summed E-state index contributed by atoms with van der Waals surface area (Å²) < 4.78 is 6.19. The number of nitrogens with one attached hydrogen (secondary N) is 1. The molecular formula is C18H18BrNO3S. The summed E-state index contributed by atoms with van der Waals surface area (Å²) in [5.74, 6) is 0.976. The summed E-state index contributed by atoms with van der Waals surface area (Å²) in [4.78, 5) is 24.0. The summed E-state index contributed by atoms with van der Waals surface area (Å²) >= 11 is 4.97. The first-order chi connectivity index (χ1) is 11.6. The standard InChI is InChI=1S/C18H18BrNO3S/c1-13-2-5-16(6-3-13)24-9-8-20-18(22)12-23-17-7-4-15(19)10-14(17)11-21/h2-7,10-11H,8-9,12H2,1H3,(H,20,22). The highest BCUT2D eigenvalue weighted by Crippen LogP contribution is 2.21. The average molecular weight is 408 g/mol. The second-order valence-electron chi connectivity index (χ2n) is 5.10. The van der Waals surface area contributed by atoms with Crippen molar-refractivity contribution in [3.8, 4) is 5.75 Å². The number of hydrogen-bond donors (Lipinski definition) is 1. The van der Waals surface area contributed by atoms with E-state index in [2.05, 4.69) is 52.4 Å². The summed E-state index contributed by atoms with van der Waals surface area (Å²) in [6.45, 7) is 2.50. The van der Waals surface area contributed by atoms with Crippen molar-refractivity contribution in [1.29, 1.82) is 0 Å². The van der Waals surface area contributed by atoms with E-state index in [0.29, 0.717) is 24.1 Å². The molecule has 0 saturated heterocycles. The predicted octanol–water partition coefficient (Wildman–Crippen LogP) is 3.86. The number of benzene rings is 2. The number of halogens is 1. The molecule has 4 nitrogen and oxygen atoms in total. The Morgan fingerprint density at radius 3 is 2.71 bits per heavy atom. The SMILES string of the molecule is Cc1ccc(SCCNC(=O)COc2ccc(Br)cc2C=O)cc1. The van der Waals surface area contributed by atoms with E-state index < -0.39 is 0 Å². The molecule has 1 amide bonds. The normalized spacial score (nSPS) is 10.2. The Labute approximate surface area is 154 Å². The van der Waals surface area contributed by atoms with Crippen LogP contribution in [0.1, 0.15) is 15.9 Å². The minimum atomic E-state index is -0.209. The molecule has 0 aliphatic carbocycles. The number of aldehydes is 1. The molecule has 1 N–H and O–H groups in total. The Morgan fingerprint density at radius 2 is 2.00 bits per heavy atom. The second-order valence-corrected chi connectivity index (χ2v) is 7.18. The van der Waals surface area contributed by atoms with Gasteiger partial charge in [0.15, 0.2) is 12.9 Å². The van der Waals surface area contributed by atoms with Gasteiger partial charge < -0.3 is 10.1 Å². The van der Waals surface area contributed by atoms with Crippen LogP contribution in [0, 0.1) is 6.92 Å². The van der Waals surface area contributed by atoms with Crippen LogP contribution in [0.25, 0.3) is 0 Å². The molecule has 126 valence electrons. The third-order valence-corrected chi connectivity index (χ3v) is 4.68. The topological polar surface area (TPSA) is 55.4 Å². The van der Waals surface area contributed by atoms with Crippen molar-refractivity contribution in [2.24, 2.45) is 0 Å². The van der Waals surface area contributed by atoms with Gasteiger partial charge in [0.1, 0.15) is 5.75 Å². The Hall–Kier alpha value is -1.79. The van der Waals surface area contributed by atoms with Crippen LogP contribution < -0.4 is 10.1 Å². The van der Waals surface area contributed by atoms with Gasteiger partial charge in [-0.05, 0) is 37.3 Å².